The Morgan fingerprint density at radius 3 is 2.52 bits per heavy atom. The minimum absolute atomic E-state index is 0.689. The molecule has 0 saturated carbocycles. The molecule has 0 aliphatic carbocycles. The van der Waals surface area contributed by atoms with Crippen LogP contribution in [0.15, 0.2) is 6.07 Å². The first kappa shape index (κ1) is 15.8. The van der Waals surface area contributed by atoms with Crippen LogP contribution in [0.2, 0.25) is 5.02 Å². The van der Waals surface area contributed by atoms with E-state index in [4.69, 9.17) is 11.6 Å². The summed E-state index contributed by atoms with van der Waals surface area (Å²) in [6.45, 7) is 8.98. The van der Waals surface area contributed by atoms with Gasteiger partial charge in [0.2, 0.25) is 0 Å². The second kappa shape index (κ2) is 6.89. The van der Waals surface area contributed by atoms with E-state index < -0.39 is 0 Å². The standard InChI is InChI=1S/C15H22ClN5/c1-5-7-12-18-13(17-8-6-2)9-14(19-12)21-11(4)15(16)10(3)20-21/h9H,5-8H2,1-4H3,(H,17,18,19). The van der Waals surface area contributed by atoms with Gasteiger partial charge in [0.25, 0.3) is 0 Å². The van der Waals surface area contributed by atoms with Crippen LogP contribution in [0.5, 0.6) is 0 Å². The fraction of sp³-hybridized carbons (Fsp3) is 0.533. The number of rotatable bonds is 6. The van der Waals surface area contributed by atoms with Crippen molar-refractivity contribution in [1.82, 2.24) is 19.7 Å². The average molecular weight is 308 g/mol. The molecule has 0 spiro atoms. The molecule has 5 nitrogen and oxygen atoms in total. The maximum absolute atomic E-state index is 6.23. The Kier molecular flexibility index (Phi) is 5.17. The maximum Gasteiger partial charge on any atom is 0.159 e. The van der Waals surface area contributed by atoms with Crippen molar-refractivity contribution in [3.8, 4) is 5.82 Å². The molecular formula is C15H22ClN5. The summed E-state index contributed by atoms with van der Waals surface area (Å²) in [7, 11) is 0. The number of aryl methyl sites for hydroxylation is 2. The summed E-state index contributed by atoms with van der Waals surface area (Å²) in [6, 6.07) is 1.92. The van der Waals surface area contributed by atoms with Gasteiger partial charge in [0.1, 0.15) is 11.6 Å². The highest BCUT2D eigenvalue weighted by atomic mass is 35.5. The molecule has 0 aromatic carbocycles. The normalized spacial score (nSPS) is 10.9. The lowest BCUT2D eigenvalue weighted by molar-refractivity contribution is 0.765. The van der Waals surface area contributed by atoms with Gasteiger partial charge in [0.05, 0.1) is 16.4 Å². The molecule has 2 aromatic heterocycles. The van der Waals surface area contributed by atoms with E-state index in [0.29, 0.717) is 5.02 Å². The van der Waals surface area contributed by atoms with Crippen LogP contribution < -0.4 is 5.32 Å². The molecule has 0 aliphatic rings. The lowest BCUT2D eigenvalue weighted by Crippen LogP contribution is -2.10. The molecule has 2 rings (SSSR count). The predicted octanol–water partition coefficient (Wildman–Crippen LogP) is 3.71. The maximum atomic E-state index is 6.23. The highest BCUT2D eigenvalue weighted by Gasteiger charge is 2.13. The molecule has 0 saturated heterocycles. The molecular weight excluding hydrogens is 286 g/mol. The number of nitrogens with one attached hydrogen (secondary N) is 1. The topological polar surface area (TPSA) is 55.6 Å². The van der Waals surface area contributed by atoms with Crippen molar-refractivity contribution in [1.29, 1.82) is 0 Å². The Morgan fingerprint density at radius 1 is 1.19 bits per heavy atom. The van der Waals surface area contributed by atoms with Crippen LogP contribution in [0, 0.1) is 13.8 Å². The van der Waals surface area contributed by atoms with Crippen molar-refractivity contribution in [3.05, 3.63) is 28.3 Å². The van der Waals surface area contributed by atoms with Crippen LogP contribution in [-0.2, 0) is 6.42 Å². The number of anilines is 1. The summed E-state index contributed by atoms with van der Waals surface area (Å²) in [5.74, 6) is 2.44. The van der Waals surface area contributed by atoms with Crippen molar-refractivity contribution in [3.63, 3.8) is 0 Å². The van der Waals surface area contributed by atoms with Gasteiger partial charge in [-0.05, 0) is 26.7 Å². The monoisotopic (exact) mass is 307 g/mol. The van der Waals surface area contributed by atoms with Crippen LogP contribution >= 0.6 is 11.6 Å². The highest BCUT2D eigenvalue weighted by Crippen LogP contribution is 2.22. The Labute approximate surface area is 130 Å². The molecule has 0 aliphatic heterocycles. The zero-order chi connectivity index (χ0) is 15.4. The molecule has 21 heavy (non-hydrogen) atoms. The first-order valence-electron chi connectivity index (χ1n) is 7.40. The number of hydrogen-bond acceptors (Lipinski definition) is 4. The largest absolute Gasteiger partial charge is 0.370 e. The molecule has 2 aromatic rings. The molecule has 114 valence electrons. The van der Waals surface area contributed by atoms with Crippen LogP contribution in [-0.4, -0.2) is 26.3 Å². The Balaban J connectivity index is 2.45. The van der Waals surface area contributed by atoms with Crippen LogP contribution in [0.1, 0.15) is 43.9 Å². The molecule has 0 amide bonds. The SMILES string of the molecule is CCCNc1cc(-n2nc(C)c(Cl)c2C)nc(CCC)n1. The van der Waals surface area contributed by atoms with E-state index >= 15 is 0 Å². The quantitative estimate of drug-likeness (QED) is 0.884. The van der Waals surface area contributed by atoms with Crippen molar-refractivity contribution in [2.45, 2.75) is 47.0 Å². The van der Waals surface area contributed by atoms with Gasteiger partial charge in [-0.15, -0.1) is 0 Å². The minimum atomic E-state index is 0.689. The zero-order valence-electron chi connectivity index (χ0n) is 13.1. The van der Waals surface area contributed by atoms with Crippen molar-refractivity contribution in [2.24, 2.45) is 0 Å². The fourth-order valence-corrected chi connectivity index (χ4v) is 2.24. The summed E-state index contributed by atoms with van der Waals surface area (Å²) < 4.78 is 1.79. The van der Waals surface area contributed by atoms with E-state index in [-0.39, 0.29) is 0 Å². The van der Waals surface area contributed by atoms with E-state index in [1.54, 1.807) is 4.68 Å². The molecule has 0 radical (unpaired) electrons. The van der Waals surface area contributed by atoms with Gasteiger partial charge in [-0.3, -0.25) is 0 Å². The molecule has 1 N–H and O–H groups in total. The number of aromatic nitrogens is 4. The van der Waals surface area contributed by atoms with E-state index in [2.05, 4.69) is 34.2 Å². The first-order valence-corrected chi connectivity index (χ1v) is 7.78. The number of nitrogens with zero attached hydrogens (tertiary/aromatic N) is 4. The average Bonchev–Trinajstić information content (AvgIpc) is 2.73. The lowest BCUT2D eigenvalue weighted by Gasteiger charge is -2.10. The van der Waals surface area contributed by atoms with Crippen LogP contribution in [0.25, 0.3) is 5.82 Å². The molecule has 6 heteroatoms. The van der Waals surface area contributed by atoms with Crippen LogP contribution in [0.4, 0.5) is 5.82 Å². The van der Waals surface area contributed by atoms with Gasteiger partial charge < -0.3 is 5.32 Å². The van der Waals surface area contributed by atoms with E-state index in [1.807, 2.05) is 19.9 Å². The molecule has 0 unspecified atom stereocenters. The Bertz CT molecular complexity index is 621. The summed E-state index contributed by atoms with van der Waals surface area (Å²) in [4.78, 5) is 9.16. The fourth-order valence-electron chi connectivity index (χ4n) is 2.12. The van der Waals surface area contributed by atoms with Gasteiger partial charge in [0.15, 0.2) is 5.82 Å². The highest BCUT2D eigenvalue weighted by molar-refractivity contribution is 6.31. The van der Waals surface area contributed by atoms with E-state index in [9.17, 15) is 0 Å². The second-order valence-corrected chi connectivity index (χ2v) is 5.48. The van der Waals surface area contributed by atoms with Gasteiger partial charge in [-0.25, -0.2) is 14.6 Å². The van der Waals surface area contributed by atoms with Gasteiger partial charge in [-0.2, -0.15) is 5.10 Å². The number of halogens is 1. The molecule has 0 bridgehead atoms. The van der Waals surface area contributed by atoms with Gasteiger partial charge in [0, 0.05) is 19.0 Å². The van der Waals surface area contributed by atoms with Crippen molar-refractivity contribution >= 4 is 17.4 Å². The summed E-state index contributed by atoms with van der Waals surface area (Å²) in [6.07, 6.45) is 2.91. The molecule has 2 heterocycles. The molecule has 0 atom stereocenters. The van der Waals surface area contributed by atoms with Crippen LogP contribution in [0.3, 0.4) is 0 Å². The number of hydrogen-bond donors (Lipinski definition) is 1. The predicted molar refractivity (Wildman–Crippen MR) is 86.4 cm³/mol. The summed E-state index contributed by atoms with van der Waals surface area (Å²) >= 11 is 6.23. The van der Waals surface area contributed by atoms with Gasteiger partial charge >= 0.3 is 0 Å². The minimum Gasteiger partial charge on any atom is -0.370 e. The lowest BCUT2D eigenvalue weighted by atomic mass is 10.3. The van der Waals surface area contributed by atoms with E-state index in [0.717, 1.165) is 54.7 Å². The second-order valence-electron chi connectivity index (χ2n) is 5.10. The Morgan fingerprint density at radius 2 is 1.95 bits per heavy atom. The molecule has 0 fully saturated rings. The van der Waals surface area contributed by atoms with Gasteiger partial charge in [-0.1, -0.05) is 25.4 Å². The first-order chi connectivity index (χ1) is 10.1. The zero-order valence-corrected chi connectivity index (χ0v) is 13.8. The summed E-state index contributed by atoms with van der Waals surface area (Å²) in [5.41, 5.74) is 1.71. The van der Waals surface area contributed by atoms with Crippen molar-refractivity contribution in [2.75, 3.05) is 11.9 Å². The smallest absolute Gasteiger partial charge is 0.159 e. The third kappa shape index (κ3) is 3.53. The van der Waals surface area contributed by atoms with Crippen molar-refractivity contribution < 1.29 is 0 Å². The van der Waals surface area contributed by atoms with E-state index in [1.165, 1.54) is 0 Å². The summed E-state index contributed by atoms with van der Waals surface area (Å²) in [5, 5.41) is 8.48. The Hall–Kier alpha value is -1.62. The third-order valence-corrected chi connectivity index (χ3v) is 3.76. The third-order valence-electron chi connectivity index (χ3n) is 3.21.